The van der Waals surface area contributed by atoms with Crippen molar-refractivity contribution in [1.29, 1.82) is 0 Å². The zero-order valence-corrected chi connectivity index (χ0v) is 11.0. The van der Waals surface area contributed by atoms with Gasteiger partial charge in [0.15, 0.2) is 0 Å². The predicted molar refractivity (Wildman–Crippen MR) is 64.8 cm³/mol. The van der Waals surface area contributed by atoms with Gasteiger partial charge in [0.25, 0.3) is 0 Å². The van der Waals surface area contributed by atoms with Gasteiger partial charge in [0, 0.05) is 18.6 Å². The Labute approximate surface area is 94.2 Å². The van der Waals surface area contributed by atoms with E-state index in [1.807, 2.05) is 13.8 Å². The van der Waals surface area contributed by atoms with Gasteiger partial charge < -0.3 is 5.32 Å². The summed E-state index contributed by atoms with van der Waals surface area (Å²) in [6, 6.07) is 0.649. The molecular weight excluding hydrogens is 188 g/mol. The van der Waals surface area contributed by atoms with E-state index in [9.17, 15) is 4.79 Å². The van der Waals surface area contributed by atoms with Crippen LogP contribution in [-0.2, 0) is 4.79 Å². The molecule has 0 rings (SSSR count). The van der Waals surface area contributed by atoms with E-state index in [0.717, 1.165) is 6.54 Å². The van der Waals surface area contributed by atoms with E-state index in [0.29, 0.717) is 18.5 Å². The molecule has 90 valence electrons. The molecule has 0 bridgehead atoms. The summed E-state index contributed by atoms with van der Waals surface area (Å²) in [5.41, 5.74) is 0. The average Bonchev–Trinajstić information content (AvgIpc) is 1.99. The van der Waals surface area contributed by atoms with Crippen LogP contribution in [0, 0.1) is 5.92 Å². The molecule has 0 aliphatic carbocycles. The maximum Gasteiger partial charge on any atom is 0.234 e. The number of carbonyl (C=O) groups is 1. The highest BCUT2D eigenvalue weighted by atomic mass is 16.2. The summed E-state index contributed by atoms with van der Waals surface area (Å²) in [7, 11) is 0. The van der Waals surface area contributed by atoms with Crippen LogP contribution in [0.5, 0.6) is 0 Å². The lowest BCUT2D eigenvalue weighted by atomic mass is 10.2. The molecule has 0 fully saturated rings. The molecule has 0 saturated heterocycles. The Morgan fingerprint density at radius 3 is 2.00 bits per heavy atom. The van der Waals surface area contributed by atoms with Crippen LogP contribution in [0.25, 0.3) is 0 Å². The third-order valence-corrected chi connectivity index (χ3v) is 2.13. The van der Waals surface area contributed by atoms with Gasteiger partial charge in [-0.3, -0.25) is 9.69 Å². The normalized spacial score (nSPS) is 11.9. The van der Waals surface area contributed by atoms with Gasteiger partial charge in [-0.15, -0.1) is 0 Å². The Morgan fingerprint density at radius 2 is 1.67 bits per heavy atom. The molecule has 0 heterocycles. The van der Waals surface area contributed by atoms with Gasteiger partial charge >= 0.3 is 0 Å². The van der Waals surface area contributed by atoms with Crippen LogP contribution >= 0.6 is 0 Å². The summed E-state index contributed by atoms with van der Waals surface area (Å²) in [5.74, 6) is 0.721. The summed E-state index contributed by atoms with van der Waals surface area (Å²) in [4.78, 5) is 13.8. The topological polar surface area (TPSA) is 32.3 Å². The van der Waals surface area contributed by atoms with Crippen molar-refractivity contribution >= 4 is 5.91 Å². The van der Waals surface area contributed by atoms with Gasteiger partial charge in [0.1, 0.15) is 0 Å². The van der Waals surface area contributed by atoms with Crippen LogP contribution in [0.1, 0.15) is 41.5 Å². The van der Waals surface area contributed by atoms with E-state index in [2.05, 4.69) is 37.9 Å². The van der Waals surface area contributed by atoms with Crippen molar-refractivity contribution in [2.75, 3.05) is 13.1 Å². The molecule has 0 saturated carbocycles. The molecule has 0 aliphatic rings. The first-order chi connectivity index (χ1) is 6.82. The average molecular weight is 214 g/mol. The summed E-state index contributed by atoms with van der Waals surface area (Å²) >= 11 is 0. The van der Waals surface area contributed by atoms with E-state index in [1.54, 1.807) is 0 Å². The predicted octanol–water partition coefficient (Wildman–Crippen LogP) is 1.88. The molecule has 15 heavy (non-hydrogen) atoms. The quantitative estimate of drug-likeness (QED) is 0.732. The third kappa shape index (κ3) is 7.37. The second-order valence-corrected chi connectivity index (χ2v) is 5.14. The SMILES string of the molecule is CC(C)CN(CC(=O)NC(C)C)C(C)C. The molecule has 1 N–H and O–H groups in total. The second kappa shape index (κ2) is 6.83. The monoisotopic (exact) mass is 214 g/mol. The Morgan fingerprint density at radius 1 is 1.13 bits per heavy atom. The van der Waals surface area contributed by atoms with Crippen LogP contribution < -0.4 is 5.32 Å². The van der Waals surface area contributed by atoms with Gasteiger partial charge in [-0.1, -0.05) is 13.8 Å². The van der Waals surface area contributed by atoms with Crippen molar-refractivity contribution < 1.29 is 4.79 Å². The van der Waals surface area contributed by atoms with Crippen molar-refractivity contribution in [3.8, 4) is 0 Å². The molecule has 0 unspecified atom stereocenters. The van der Waals surface area contributed by atoms with E-state index < -0.39 is 0 Å². The minimum absolute atomic E-state index is 0.124. The molecule has 0 aromatic carbocycles. The summed E-state index contributed by atoms with van der Waals surface area (Å²) in [6.07, 6.45) is 0. The Kier molecular flexibility index (Phi) is 6.57. The Balaban J connectivity index is 4.10. The van der Waals surface area contributed by atoms with E-state index >= 15 is 0 Å². The summed E-state index contributed by atoms with van der Waals surface area (Å²) < 4.78 is 0. The van der Waals surface area contributed by atoms with Gasteiger partial charge in [-0.2, -0.15) is 0 Å². The first-order valence-corrected chi connectivity index (χ1v) is 5.86. The Bertz CT molecular complexity index is 188. The third-order valence-electron chi connectivity index (χ3n) is 2.13. The maximum absolute atomic E-state index is 11.6. The first-order valence-electron chi connectivity index (χ1n) is 5.86. The number of rotatable bonds is 6. The van der Waals surface area contributed by atoms with E-state index in [4.69, 9.17) is 0 Å². The highest BCUT2D eigenvalue weighted by Crippen LogP contribution is 2.03. The first kappa shape index (κ1) is 14.4. The molecule has 1 amide bonds. The fraction of sp³-hybridized carbons (Fsp3) is 0.917. The number of hydrogen-bond donors (Lipinski definition) is 1. The van der Waals surface area contributed by atoms with Crippen LogP contribution in [0.4, 0.5) is 0 Å². The largest absolute Gasteiger partial charge is 0.353 e. The number of amides is 1. The van der Waals surface area contributed by atoms with Gasteiger partial charge in [-0.25, -0.2) is 0 Å². The van der Waals surface area contributed by atoms with Crippen molar-refractivity contribution in [3.63, 3.8) is 0 Å². The van der Waals surface area contributed by atoms with Gasteiger partial charge in [0.2, 0.25) is 5.91 Å². The van der Waals surface area contributed by atoms with E-state index in [1.165, 1.54) is 0 Å². The zero-order valence-electron chi connectivity index (χ0n) is 11.0. The highest BCUT2D eigenvalue weighted by molar-refractivity contribution is 5.78. The fourth-order valence-corrected chi connectivity index (χ4v) is 1.48. The smallest absolute Gasteiger partial charge is 0.234 e. The number of nitrogens with one attached hydrogen (secondary N) is 1. The van der Waals surface area contributed by atoms with Crippen molar-refractivity contribution in [2.24, 2.45) is 5.92 Å². The number of nitrogens with zero attached hydrogens (tertiary/aromatic N) is 1. The molecule has 3 nitrogen and oxygen atoms in total. The van der Waals surface area contributed by atoms with Crippen molar-refractivity contribution in [3.05, 3.63) is 0 Å². The van der Waals surface area contributed by atoms with Crippen LogP contribution in [0.15, 0.2) is 0 Å². The van der Waals surface area contributed by atoms with Crippen molar-refractivity contribution in [2.45, 2.75) is 53.6 Å². The molecule has 0 spiro atoms. The molecule has 0 aromatic heterocycles. The molecule has 0 radical (unpaired) electrons. The lowest BCUT2D eigenvalue weighted by molar-refractivity contribution is -0.123. The minimum atomic E-state index is 0.124. The lowest BCUT2D eigenvalue weighted by Crippen LogP contribution is -2.44. The molecular formula is C12H26N2O. The molecule has 3 heteroatoms. The maximum atomic E-state index is 11.6. The fourth-order valence-electron chi connectivity index (χ4n) is 1.48. The van der Waals surface area contributed by atoms with Gasteiger partial charge in [0.05, 0.1) is 6.54 Å². The minimum Gasteiger partial charge on any atom is -0.353 e. The number of hydrogen-bond acceptors (Lipinski definition) is 2. The highest BCUT2D eigenvalue weighted by Gasteiger charge is 2.15. The summed E-state index contributed by atoms with van der Waals surface area (Å²) in [5, 5.41) is 2.92. The molecule has 0 aromatic rings. The van der Waals surface area contributed by atoms with E-state index in [-0.39, 0.29) is 11.9 Å². The number of carbonyl (C=O) groups excluding carboxylic acids is 1. The van der Waals surface area contributed by atoms with Crippen LogP contribution in [0.2, 0.25) is 0 Å². The second-order valence-electron chi connectivity index (χ2n) is 5.14. The van der Waals surface area contributed by atoms with Crippen LogP contribution in [0.3, 0.4) is 0 Å². The summed E-state index contributed by atoms with van der Waals surface area (Å²) in [6.45, 7) is 14.1. The molecule has 0 atom stereocenters. The Hall–Kier alpha value is -0.570. The van der Waals surface area contributed by atoms with Gasteiger partial charge in [-0.05, 0) is 33.6 Å². The lowest BCUT2D eigenvalue weighted by Gasteiger charge is -2.27. The zero-order chi connectivity index (χ0) is 12.0. The van der Waals surface area contributed by atoms with Crippen LogP contribution in [-0.4, -0.2) is 36.0 Å². The molecule has 0 aliphatic heterocycles. The van der Waals surface area contributed by atoms with Crippen molar-refractivity contribution in [1.82, 2.24) is 10.2 Å². The standard InChI is InChI=1S/C12H26N2O/c1-9(2)7-14(11(5)6)8-12(15)13-10(3)4/h9-11H,7-8H2,1-6H3,(H,13,15).